The van der Waals surface area contributed by atoms with Crippen molar-refractivity contribution in [3.63, 3.8) is 0 Å². The number of fused-ring (bicyclic) bond motifs is 2. The van der Waals surface area contributed by atoms with Gasteiger partial charge in [0.05, 0.1) is 24.8 Å². The number of ether oxygens (including phenoxy) is 4. The Morgan fingerprint density at radius 2 is 1.72 bits per heavy atom. The van der Waals surface area contributed by atoms with E-state index in [0.29, 0.717) is 37.0 Å². The maximum atomic E-state index is 14.3. The molecule has 12 heteroatoms. The Hall–Kier alpha value is -0.896. The van der Waals surface area contributed by atoms with E-state index in [9.17, 15) is 4.39 Å². The zero-order valence-corrected chi connectivity index (χ0v) is 26.1. The molecule has 2 aliphatic rings. The maximum absolute atomic E-state index is 14.3. The predicted octanol–water partition coefficient (Wildman–Crippen LogP) is 5.58. The van der Waals surface area contributed by atoms with Crippen molar-refractivity contribution in [1.82, 2.24) is 14.5 Å². The average Bonchev–Trinajstić information content (AvgIpc) is 3.40. The summed E-state index contributed by atoms with van der Waals surface area (Å²) in [6, 6.07) is 2.74. The molecule has 0 N–H and O–H groups in total. The largest absolute Gasteiger partial charge is 0.456 e. The minimum Gasteiger partial charge on any atom is -0.456 e. The van der Waals surface area contributed by atoms with Crippen LogP contribution in [0.25, 0.3) is 11.2 Å². The van der Waals surface area contributed by atoms with E-state index in [1.165, 1.54) is 6.07 Å². The molecule has 0 amide bonds. The molecular weight excluding hydrogens is 565 g/mol. The second kappa shape index (κ2) is 10.3. The Kier molecular flexibility index (Phi) is 8.08. The first kappa shape index (κ1) is 28.1. The first-order valence-corrected chi connectivity index (χ1v) is 19.9. The molecule has 2 aliphatic heterocycles. The fourth-order valence-corrected chi connectivity index (χ4v) is 6.41. The molecule has 2 aromatic rings. The minimum absolute atomic E-state index is 0.0937. The van der Waals surface area contributed by atoms with E-state index in [2.05, 4.69) is 79.4 Å². The van der Waals surface area contributed by atoms with E-state index in [1.807, 2.05) is 0 Å². The predicted molar refractivity (Wildman–Crippen MR) is 145 cm³/mol. The van der Waals surface area contributed by atoms with Gasteiger partial charge in [-0.2, -0.15) is 4.98 Å². The van der Waals surface area contributed by atoms with Crippen molar-refractivity contribution in [3.05, 3.63) is 16.5 Å². The van der Waals surface area contributed by atoms with Crippen LogP contribution in [0.5, 0.6) is 6.01 Å². The molecule has 0 radical (unpaired) electrons. The zero-order chi connectivity index (χ0) is 26.5. The molecule has 4 atom stereocenters. The van der Waals surface area contributed by atoms with Crippen LogP contribution in [0.2, 0.25) is 43.8 Å². The molecule has 0 saturated carbocycles. The highest BCUT2D eigenvalue weighted by Crippen LogP contribution is 2.40. The Morgan fingerprint density at radius 1 is 1.08 bits per heavy atom. The number of hydrogen-bond donors (Lipinski definition) is 0. The number of imidazole rings is 1. The van der Waals surface area contributed by atoms with Crippen LogP contribution in [0.3, 0.4) is 0 Å². The Bertz CT molecular complexity index is 1090. The highest BCUT2D eigenvalue weighted by atomic mass is 79.9. The van der Waals surface area contributed by atoms with Gasteiger partial charge in [0, 0.05) is 20.7 Å². The molecule has 8 nitrogen and oxygen atoms in total. The fraction of sp³-hybridized carbons (Fsp3) is 0.750. The molecule has 2 saturated heterocycles. The van der Waals surface area contributed by atoms with Crippen molar-refractivity contribution in [2.24, 2.45) is 0 Å². The van der Waals surface area contributed by atoms with Gasteiger partial charge in [-0.15, -0.1) is 0 Å². The number of aromatic nitrogens is 3. The summed E-state index contributed by atoms with van der Waals surface area (Å²) in [6.07, 6.45) is -0.953. The summed E-state index contributed by atoms with van der Waals surface area (Å²) in [6.45, 7) is 19.7. The van der Waals surface area contributed by atoms with Crippen LogP contribution in [-0.4, -0.2) is 75.2 Å². The van der Waals surface area contributed by atoms with E-state index < -0.39 is 22.2 Å². The SMILES string of the molecule is CC(C)(C)[Si](C)(C)O[C@@H]1CO[C@H]2[C@@H]1OC[C@H]2Oc1nc2nc(Br)c(F)cc2n1COCC[Si](C)(C)C. The Labute approximate surface area is 223 Å². The molecule has 0 aromatic carbocycles. The lowest BCUT2D eigenvalue weighted by atomic mass is 10.1. The van der Waals surface area contributed by atoms with Gasteiger partial charge in [0.1, 0.15) is 23.5 Å². The molecule has 0 aliphatic carbocycles. The smallest absolute Gasteiger partial charge is 0.301 e. The number of rotatable bonds is 9. The summed E-state index contributed by atoms with van der Waals surface area (Å²) in [7, 11) is -3.22. The second-order valence-electron chi connectivity index (χ2n) is 12.4. The first-order chi connectivity index (χ1) is 16.7. The third-order valence-electron chi connectivity index (χ3n) is 7.31. The van der Waals surface area contributed by atoms with E-state index in [-0.39, 0.29) is 40.8 Å². The Morgan fingerprint density at radius 3 is 2.36 bits per heavy atom. The molecule has 4 rings (SSSR count). The summed E-state index contributed by atoms with van der Waals surface area (Å²) in [4.78, 5) is 8.80. The first-order valence-electron chi connectivity index (χ1n) is 12.5. The van der Waals surface area contributed by atoms with E-state index in [1.54, 1.807) is 4.57 Å². The lowest BCUT2D eigenvalue weighted by molar-refractivity contribution is 0.00691. The van der Waals surface area contributed by atoms with Crippen molar-refractivity contribution < 1.29 is 27.8 Å². The summed E-state index contributed by atoms with van der Waals surface area (Å²) < 4.78 is 47.3. The number of halogens is 2. The van der Waals surface area contributed by atoms with Crippen molar-refractivity contribution in [1.29, 1.82) is 0 Å². The summed E-state index contributed by atoms with van der Waals surface area (Å²) in [5.41, 5.74) is 0.898. The minimum atomic E-state index is -1.98. The Balaban J connectivity index is 1.51. The third-order valence-corrected chi connectivity index (χ3v) is 14.1. The van der Waals surface area contributed by atoms with Gasteiger partial charge in [-0.25, -0.2) is 9.37 Å². The highest BCUT2D eigenvalue weighted by Gasteiger charge is 2.52. The third kappa shape index (κ3) is 6.05. The van der Waals surface area contributed by atoms with Gasteiger partial charge in [-0.05, 0) is 40.1 Å². The zero-order valence-electron chi connectivity index (χ0n) is 22.6. The van der Waals surface area contributed by atoms with Crippen LogP contribution in [0.15, 0.2) is 10.7 Å². The van der Waals surface area contributed by atoms with Gasteiger partial charge in [-0.3, -0.25) is 4.57 Å². The molecule has 2 fully saturated rings. The van der Waals surface area contributed by atoms with E-state index in [0.717, 1.165) is 6.04 Å². The van der Waals surface area contributed by atoms with Gasteiger partial charge in [-0.1, -0.05) is 40.4 Å². The second-order valence-corrected chi connectivity index (χ2v) is 23.6. The summed E-state index contributed by atoms with van der Waals surface area (Å²) in [5, 5.41) is 0.0937. The molecule has 0 bridgehead atoms. The highest BCUT2D eigenvalue weighted by molar-refractivity contribution is 9.10. The molecule has 0 spiro atoms. The summed E-state index contributed by atoms with van der Waals surface area (Å²) >= 11 is 3.15. The van der Waals surface area contributed by atoms with Gasteiger partial charge in [0.2, 0.25) is 0 Å². The monoisotopic (exact) mass is 603 g/mol. The van der Waals surface area contributed by atoms with Crippen LogP contribution in [0.4, 0.5) is 4.39 Å². The van der Waals surface area contributed by atoms with Crippen LogP contribution in [-0.2, 0) is 25.4 Å². The lowest BCUT2D eigenvalue weighted by Crippen LogP contribution is -2.47. The van der Waals surface area contributed by atoms with E-state index in [4.69, 9.17) is 23.4 Å². The number of hydrogen-bond acceptors (Lipinski definition) is 7. The van der Waals surface area contributed by atoms with Crippen molar-refractivity contribution in [3.8, 4) is 6.01 Å². The van der Waals surface area contributed by atoms with E-state index >= 15 is 0 Å². The number of nitrogens with zero attached hydrogens (tertiary/aromatic N) is 3. The quantitative estimate of drug-likeness (QED) is 0.210. The van der Waals surface area contributed by atoms with Crippen LogP contribution in [0.1, 0.15) is 20.8 Å². The standard InChI is InChI=1S/C24H39BrFN3O5Si2/c1-24(2,3)36(7,8)34-18-13-32-19-17(12-31-20(18)19)33-23-28-22-16(11-15(26)21(25)27-22)29(23)14-30-9-10-35(4,5)6/h11,17-20H,9-10,12-14H2,1-8H3/t17-,18-,19-,20-/m1/s1. The molecule has 0 unspecified atom stereocenters. The molecule has 2 aromatic heterocycles. The fourth-order valence-electron chi connectivity index (χ4n) is 4.05. The lowest BCUT2D eigenvalue weighted by Gasteiger charge is -2.39. The van der Waals surface area contributed by atoms with Gasteiger partial charge in [0.15, 0.2) is 25.9 Å². The molecule has 36 heavy (non-hydrogen) atoms. The average molecular weight is 605 g/mol. The van der Waals surface area contributed by atoms with Gasteiger partial charge >= 0.3 is 6.01 Å². The number of pyridine rings is 1. The van der Waals surface area contributed by atoms with Crippen LogP contribution >= 0.6 is 15.9 Å². The summed E-state index contributed by atoms with van der Waals surface area (Å²) in [5.74, 6) is -0.466. The molecular formula is C24H39BrFN3O5Si2. The van der Waals surface area contributed by atoms with Gasteiger partial charge < -0.3 is 23.4 Å². The van der Waals surface area contributed by atoms with Crippen molar-refractivity contribution in [2.45, 2.75) is 95.7 Å². The van der Waals surface area contributed by atoms with Gasteiger partial charge in [0.25, 0.3) is 0 Å². The normalized spacial score (nSPS) is 25.1. The topological polar surface area (TPSA) is 76.9 Å². The molecule has 202 valence electrons. The maximum Gasteiger partial charge on any atom is 0.301 e. The van der Waals surface area contributed by atoms with Crippen LogP contribution < -0.4 is 4.74 Å². The molecule has 4 heterocycles. The van der Waals surface area contributed by atoms with Crippen LogP contribution in [0, 0.1) is 5.82 Å². The van der Waals surface area contributed by atoms with Crippen molar-refractivity contribution >= 4 is 43.5 Å². The van der Waals surface area contributed by atoms with Crippen molar-refractivity contribution in [2.75, 3.05) is 19.8 Å².